The lowest BCUT2D eigenvalue weighted by molar-refractivity contribution is 0.0986. The Hall–Kier alpha value is -0.760. The zero-order valence-electron chi connectivity index (χ0n) is 11.8. The summed E-state index contributed by atoms with van der Waals surface area (Å²) in [4.78, 5) is 0. The van der Waals surface area contributed by atoms with Gasteiger partial charge in [-0.1, -0.05) is 13.8 Å². The lowest BCUT2D eigenvalue weighted by Gasteiger charge is -2.25. The van der Waals surface area contributed by atoms with E-state index in [2.05, 4.69) is 27.9 Å². The van der Waals surface area contributed by atoms with Crippen LogP contribution in [0.1, 0.15) is 20.3 Å². The van der Waals surface area contributed by atoms with E-state index in [1.807, 2.05) is 0 Å². The minimum absolute atomic E-state index is 0.148. The van der Waals surface area contributed by atoms with E-state index in [1.165, 1.54) is 0 Å². The highest BCUT2D eigenvalue weighted by atomic mass is 32.1. The minimum Gasteiger partial charge on any atom is -0.473 e. The molecule has 0 fully saturated rings. The number of aliphatic hydroxyl groups excluding tert-OH is 1. The quantitative estimate of drug-likeness (QED) is 0.667. The Morgan fingerprint density at radius 1 is 1.53 bits per heavy atom. The molecule has 0 amide bonds. The minimum atomic E-state index is -0.556. The predicted molar refractivity (Wildman–Crippen MR) is 74.6 cm³/mol. The molecule has 1 aromatic rings. The van der Waals surface area contributed by atoms with Gasteiger partial charge in [0, 0.05) is 26.8 Å². The van der Waals surface area contributed by atoms with Crippen LogP contribution in [0.4, 0.5) is 0 Å². The fourth-order valence-electron chi connectivity index (χ4n) is 1.50. The zero-order chi connectivity index (χ0) is 14.1. The molecule has 110 valence electrons. The van der Waals surface area contributed by atoms with Gasteiger partial charge in [-0.05, 0) is 11.8 Å². The zero-order valence-corrected chi connectivity index (χ0v) is 12.6. The van der Waals surface area contributed by atoms with E-state index < -0.39 is 6.10 Å². The molecule has 2 N–H and O–H groups in total. The molecule has 0 aliphatic heterocycles. The molecule has 0 aromatic carbocycles. The second kappa shape index (κ2) is 8.42. The molecular weight excluding hydrogens is 266 g/mol. The lowest BCUT2D eigenvalue weighted by atomic mass is 9.90. The van der Waals surface area contributed by atoms with Crippen molar-refractivity contribution >= 4 is 11.7 Å². The number of ether oxygens (including phenoxy) is 2. The van der Waals surface area contributed by atoms with Crippen molar-refractivity contribution in [1.82, 2.24) is 14.1 Å². The maximum atomic E-state index is 9.76. The fourth-order valence-corrected chi connectivity index (χ4v) is 1.87. The second-order valence-electron chi connectivity index (χ2n) is 5.25. The van der Waals surface area contributed by atoms with Crippen LogP contribution >= 0.6 is 11.7 Å². The molecule has 1 unspecified atom stereocenters. The molecule has 1 atom stereocenters. The van der Waals surface area contributed by atoms with Gasteiger partial charge < -0.3 is 19.9 Å². The summed E-state index contributed by atoms with van der Waals surface area (Å²) >= 11 is 1.09. The summed E-state index contributed by atoms with van der Waals surface area (Å²) in [5.41, 5.74) is 0.148. The highest BCUT2D eigenvalue weighted by Gasteiger charge is 2.17. The monoisotopic (exact) mass is 289 g/mol. The Bertz CT molecular complexity index is 333. The summed E-state index contributed by atoms with van der Waals surface area (Å²) in [6.45, 7) is 6.62. The third-order valence-corrected chi connectivity index (χ3v) is 3.19. The number of methoxy groups -OCH3 is 1. The van der Waals surface area contributed by atoms with Crippen molar-refractivity contribution < 1.29 is 14.6 Å². The van der Waals surface area contributed by atoms with Crippen LogP contribution in [-0.4, -0.2) is 53.4 Å². The van der Waals surface area contributed by atoms with Crippen LogP contribution in [0.15, 0.2) is 6.20 Å². The number of hydrogen-bond acceptors (Lipinski definition) is 7. The first-order chi connectivity index (χ1) is 9.03. The topological polar surface area (TPSA) is 76.5 Å². The van der Waals surface area contributed by atoms with Crippen molar-refractivity contribution in [3.8, 4) is 5.88 Å². The molecule has 1 aromatic heterocycles. The van der Waals surface area contributed by atoms with Gasteiger partial charge in [-0.2, -0.15) is 4.37 Å². The van der Waals surface area contributed by atoms with Crippen LogP contribution in [0.3, 0.4) is 0 Å². The van der Waals surface area contributed by atoms with Crippen molar-refractivity contribution in [1.29, 1.82) is 0 Å². The normalized spacial score (nSPS) is 13.5. The first kappa shape index (κ1) is 16.3. The highest BCUT2D eigenvalue weighted by molar-refractivity contribution is 6.99. The van der Waals surface area contributed by atoms with Gasteiger partial charge in [-0.3, -0.25) is 0 Å². The molecule has 7 heteroatoms. The average Bonchev–Trinajstić information content (AvgIpc) is 2.87. The van der Waals surface area contributed by atoms with E-state index >= 15 is 0 Å². The Morgan fingerprint density at radius 2 is 2.32 bits per heavy atom. The predicted octanol–water partition coefficient (Wildman–Crippen LogP) is 0.930. The van der Waals surface area contributed by atoms with Crippen LogP contribution in [0.5, 0.6) is 5.88 Å². The molecule has 19 heavy (non-hydrogen) atoms. The fraction of sp³-hybridized carbons (Fsp3) is 0.833. The smallest absolute Gasteiger partial charge is 0.245 e. The average molecular weight is 289 g/mol. The highest BCUT2D eigenvalue weighted by Crippen LogP contribution is 2.18. The maximum absolute atomic E-state index is 9.76. The first-order valence-corrected chi connectivity index (χ1v) is 7.04. The van der Waals surface area contributed by atoms with Gasteiger partial charge in [-0.25, -0.2) is 0 Å². The molecule has 0 saturated carbocycles. The van der Waals surface area contributed by atoms with Crippen LogP contribution in [-0.2, 0) is 4.74 Å². The Labute approximate surface area is 118 Å². The third-order valence-electron chi connectivity index (χ3n) is 2.73. The van der Waals surface area contributed by atoms with Gasteiger partial charge in [0.05, 0.1) is 11.7 Å². The van der Waals surface area contributed by atoms with Gasteiger partial charge in [0.2, 0.25) is 5.88 Å². The lowest BCUT2D eigenvalue weighted by Crippen LogP contribution is -2.37. The van der Waals surface area contributed by atoms with Gasteiger partial charge in [0.1, 0.15) is 18.9 Å². The molecule has 0 bridgehead atoms. The van der Waals surface area contributed by atoms with Crippen LogP contribution in [0.2, 0.25) is 0 Å². The number of rotatable bonds is 10. The molecule has 0 aliphatic rings. The van der Waals surface area contributed by atoms with Crippen molar-refractivity contribution in [2.75, 3.05) is 33.4 Å². The van der Waals surface area contributed by atoms with E-state index in [-0.39, 0.29) is 12.0 Å². The van der Waals surface area contributed by atoms with Crippen LogP contribution < -0.4 is 10.1 Å². The van der Waals surface area contributed by atoms with Gasteiger partial charge in [-0.15, -0.1) is 4.37 Å². The van der Waals surface area contributed by atoms with E-state index in [9.17, 15) is 5.11 Å². The molecular formula is C12H23N3O3S. The summed E-state index contributed by atoms with van der Waals surface area (Å²) in [7, 11) is 1.71. The molecule has 0 radical (unpaired) electrons. The number of nitrogens with zero attached hydrogens (tertiary/aromatic N) is 2. The molecule has 0 spiro atoms. The van der Waals surface area contributed by atoms with Crippen LogP contribution in [0, 0.1) is 5.41 Å². The Kier molecular flexibility index (Phi) is 7.22. The first-order valence-electron chi connectivity index (χ1n) is 6.31. The number of aromatic nitrogens is 2. The van der Waals surface area contributed by atoms with Crippen molar-refractivity contribution in [3.63, 3.8) is 0 Å². The van der Waals surface area contributed by atoms with E-state index in [4.69, 9.17) is 9.47 Å². The Balaban J connectivity index is 2.10. The maximum Gasteiger partial charge on any atom is 0.245 e. The van der Waals surface area contributed by atoms with Crippen molar-refractivity contribution in [2.45, 2.75) is 26.4 Å². The summed E-state index contributed by atoms with van der Waals surface area (Å²) in [6, 6.07) is 0. The Morgan fingerprint density at radius 3 is 2.95 bits per heavy atom. The van der Waals surface area contributed by atoms with Gasteiger partial charge in [0.15, 0.2) is 0 Å². The summed E-state index contributed by atoms with van der Waals surface area (Å²) in [5, 5.41) is 13.0. The molecule has 0 aliphatic carbocycles. The summed E-state index contributed by atoms with van der Waals surface area (Å²) in [6.07, 6.45) is 1.96. The number of nitrogens with one attached hydrogen (secondary N) is 1. The van der Waals surface area contributed by atoms with E-state index in [0.29, 0.717) is 12.4 Å². The van der Waals surface area contributed by atoms with Crippen LogP contribution in [0.25, 0.3) is 0 Å². The number of aliphatic hydroxyl groups is 1. The largest absolute Gasteiger partial charge is 0.473 e. The van der Waals surface area contributed by atoms with Crippen molar-refractivity contribution in [3.05, 3.63) is 6.20 Å². The molecule has 0 saturated heterocycles. The van der Waals surface area contributed by atoms with Gasteiger partial charge >= 0.3 is 0 Å². The van der Waals surface area contributed by atoms with Crippen molar-refractivity contribution in [2.24, 2.45) is 5.41 Å². The third kappa shape index (κ3) is 7.41. The van der Waals surface area contributed by atoms with Gasteiger partial charge in [0.25, 0.3) is 0 Å². The molecule has 6 nitrogen and oxygen atoms in total. The summed E-state index contributed by atoms with van der Waals surface area (Å²) in [5.74, 6) is 0.462. The SMILES string of the molecule is COCCC(C)(C)CNCC(O)COc1cnsn1. The van der Waals surface area contributed by atoms with E-state index in [0.717, 1.165) is 31.3 Å². The molecule has 1 heterocycles. The second-order valence-corrected chi connectivity index (χ2v) is 5.81. The number of hydrogen-bond donors (Lipinski definition) is 2. The van der Waals surface area contributed by atoms with E-state index in [1.54, 1.807) is 13.3 Å². The summed E-state index contributed by atoms with van der Waals surface area (Å²) < 4.78 is 18.1. The molecule has 1 rings (SSSR count). The standard InChI is InChI=1S/C12H23N3O3S/c1-12(2,4-5-17-3)9-13-6-10(16)8-18-11-7-14-19-15-11/h7,10,13,16H,4-6,8-9H2,1-3H3.